The van der Waals surface area contributed by atoms with Gasteiger partial charge in [-0.1, -0.05) is 12.2 Å². The Hall–Kier alpha value is -1.11. The summed E-state index contributed by atoms with van der Waals surface area (Å²) in [6.45, 7) is 0.489. The Morgan fingerprint density at radius 3 is 3.13 bits per heavy atom. The highest BCUT2D eigenvalue weighted by molar-refractivity contribution is 7.71. The molecule has 6 heteroatoms. The minimum absolute atomic E-state index is 0.489. The molecular formula is C9H9N3OS2. The van der Waals surface area contributed by atoms with Crippen molar-refractivity contribution in [3.63, 3.8) is 0 Å². The first kappa shape index (κ1) is 10.4. The summed E-state index contributed by atoms with van der Waals surface area (Å²) in [6, 6.07) is 1.79. The number of nitrogens with zero attached hydrogens (tertiary/aromatic N) is 2. The Morgan fingerprint density at radius 2 is 2.47 bits per heavy atom. The summed E-state index contributed by atoms with van der Waals surface area (Å²) in [5.74, 6) is 0.691. The van der Waals surface area contributed by atoms with E-state index in [0.29, 0.717) is 17.1 Å². The fraction of sp³-hybridized carbons (Fsp3) is 0.222. The molecule has 0 bridgehead atoms. The summed E-state index contributed by atoms with van der Waals surface area (Å²) in [4.78, 5) is 11.5. The summed E-state index contributed by atoms with van der Waals surface area (Å²) in [5.41, 5.74) is 3.47. The van der Waals surface area contributed by atoms with Crippen LogP contribution in [0.1, 0.15) is 5.69 Å². The van der Waals surface area contributed by atoms with Gasteiger partial charge in [-0.05, 0) is 6.07 Å². The van der Waals surface area contributed by atoms with Crippen molar-refractivity contribution in [2.75, 3.05) is 7.11 Å². The van der Waals surface area contributed by atoms with Crippen LogP contribution in [-0.4, -0.2) is 22.1 Å². The Bertz CT molecular complexity index is 492. The Balaban J connectivity index is 2.44. The van der Waals surface area contributed by atoms with Crippen LogP contribution in [-0.2, 0) is 11.3 Å². The second kappa shape index (κ2) is 4.61. The molecule has 15 heavy (non-hydrogen) atoms. The van der Waals surface area contributed by atoms with Crippen molar-refractivity contribution in [2.24, 2.45) is 0 Å². The monoisotopic (exact) mass is 239 g/mol. The summed E-state index contributed by atoms with van der Waals surface area (Å²) in [5, 5.41) is 1.92. The molecule has 2 heterocycles. The summed E-state index contributed by atoms with van der Waals surface area (Å²) >= 11 is 6.59. The summed E-state index contributed by atoms with van der Waals surface area (Å²) < 4.78 is 5.58. The minimum Gasteiger partial charge on any atom is -0.378 e. The van der Waals surface area contributed by atoms with Gasteiger partial charge in [-0.15, -0.1) is 11.3 Å². The van der Waals surface area contributed by atoms with Gasteiger partial charge < -0.3 is 9.72 Å². The van der Waals surface area contributed by atoms with Gasteiger partial charge in [-0.2, -0.15) is 0 Å². The highest BCUT2D eigenvalue weighted by Gasteiger charge is 2.03. The van der Waals surface area contributed by atoms with Gasteiger partial charge in [0, 0.05) is 18.2 Å². The molecule has 2 rings (SSSR count). The molecule has 0 fully saturated rings. The van der Waals surface area contributed by atoms with Crippen LogP contribution >= 0.6 is 23.6 Å². The zero-order chi connectivity index (χ0) is 10.7. The average molecular weight is 239 g/mol. The molecule has 0 aromatic carbocycles. The zero-order valence-corrected chi connectivity index (χ0v) is 9.69. The molecule has 0 saturated carbocycles. The largest absolute Gasteiger partial charge is 0.378 e. The third-order valence-electron chi connectivity index (χ3n) is 1.77. The van der Waals surface area contributed by atoms with Gasteiger partial charge in [0.1, 0.15) is 10.3 Å². The van der Waals surface area contributed by atoms with Crippen LogP contribution in [0.4, 0.5) is 0 Å². The van der Waals surface area contributed by atoms with E-state index in [1.54, 1.807) is 18.7 Å². The maximum absolute atomic E-state index is 5.06. The topological polar surface area (TPSA) is 50.8 Å². The smallest absolute Gasteiger partial charge is 0.158 e. The van der Waals surface area contributed by atoms with Crippen molar-refractivity contribution >= 4 is 23.6 Å². The molecule has 0 atom stereocenters. The molecule has 0 aliphatic carbocycles. The Labute approximate surface area is 96.0 Å². The first-order valence-corrected chi connectivity index (χ1v) is 5.62. The van der Waals surface area contributed by atoms with E-state index in [2.05, 4.69) is 15.0 Å². The number of hydrogen-bond acceptors (Lipinski definition) is 5. The van der Waals surface area contributed by atoms with E-state index >= 15 is 0 Å². The molecule has 2 aromatic heterocycles. The molecule has 4 nitrogen and oxygen atoms in total. The number of ether oxygens (including phenoxy) is 1. The highest BCUT2D eigenvalue weighted by Crippen LogP contribution is 2.14. The van der Waals surface area contributed by atoms with Crippen LogP contribution < -0.4 is 0 Å². The maximum atomic E-state index is 5.06. The lowest BCUT2D eigenvalue weighted by Crippen LogP contribution is -1.97. The molecule has 0 amide bonds. The third kappa shape index (κ3) is 2.47. The van der Waals surface area contributed by atoms with E-state index in [1.807, 2.05) is 5.38 Å². The zero-order valence-electron chi connectivity index (χ0n) is 8.06. The van der Waals surface area contributed by atoms with Gasteiger partial charge in [0.05, 0.1) is 12.1 Å². The SMILES string of the molecule is COCc1cc(=S)nc(-c2cscn2)[nH]1. The second-order valence-electron chi connectivity index (χ2n) is 2.90. The van der Waals surface area contributed by atoms with E-state index in [4.69, 9.17) is 17.0 Å². The fourth-order valence-corrected chi connectivity index (χ4v) is 1.96. The standard InChI is InChI=1S/C9H9N3OS2/c1-13-3-6-2-8(14)12-9(11-6)7-4-15-5-10-7/h2,4-5H,3H2,1H3,(H,11,12,14). The molecule has 0 aliphatic heterocycles. The molecule has 0 aliphatic rings. The molecule has 2 aromatic rings. The first-order chi connectivity index (χ1) is 7.29. The van der Waals surface area contributed by atoms with E-state index in [1.165, 1.54) is 11.3 Å². The lowest BCUT2D eigenvalue weighted by Gasteiger charge is -2.02. The van der Waals surface area contributed by atoms with Crippen molar-refractivity contribution in [2.45, 2.75) is 6.61 Å². The lowest BCUT2D eigenvalue weighted by molar-refractivity contribution is 0.181. The van der Waals surface area contributed by atoms with E-state index < -0.39 is 0 Å². The predicted molar refractivity (Wildman–Crippen MR) is 61.2 cm³/mol. The van der Waals surface area contributed by atoms with Gasteiger partial charge in [-0.3, -0.25) is 0 Å². The van der Waals surface area contributed by atoms with Crippen molar-refractivity contribution < 1.29 is 4.74 Å². The first-order valence-electron chi connectivity index (χ1n) is 4.27. The molecule has 0 radical (unpaired) electrons. The number of aromatic amines is 1. The van der Waals surface area contributed by atoms with Crippen LogP contribution in [0.15, 0.2) is 17.0 Å². The van der Waals surface area contributed by atoms with Crippen molar-refractivity contribution in [3.05, 3.63) is 27.3 Å². The van der Waals surface area contributed by atoms with E-state index in [0.717, 1.165) is 11.4 Å². The van der Waals surface area contributed by atoms with Gasteiger partial charge in [0.15, 0.2) is 5.82 Å². The van der Waals surface area contributed by atoms with Gasteiger partial charge in [0.25, 0.3) is 0 Å². The van der Waals surface area contributed by atoms with Crippen LogP contribution in [0, 0.1) is 4.64 Å². The molecule has 0 unspecified atom stereocenters. The molecular weight excluding hydrogens is 230 g/mol. The number of hydrogen-bond donors (Lipinski definition) is 1. The molecule has 0 saturated heterocycles. The van der Waals surface area contributed by atoms with Crippen molar-refractivity contribution in [3.8, 4) is 11.5 Å². The van der Waals surface area contributed by atoms with Crippen molar-refractivity contribution in [1.29, 1.82) is 0 Å². The Morgan fingerprint density at radius 1 is 1.60 bits per heavy atom. The molecule has 0 spiro atoms. The lowest BCUT2D eigenvalue weighted by atomic mass is 10.4. The highest BCUT2D eigenvalue weighted by atomic mass is 32.1. The minimum atomic E-state index is 0.489. The number of rotatable bonds is 3. The van der Waals surface area contributed by atoms with Crippen molar-refractivity contribution in [1.82, 2.24) is 15.0 Å². The number of H-pyrrole nitrogens is 1. The third-order valence-corrected chi connectivity index (χ3v) is 2.57. The van der Waals surface area contributed by atoms with E-state index in [-0.39, 0.29) is 0 Å². The number of aromatic nitrogens is 3. The maximum Gasteiger partial charge on any atom is 0.158 e. The molecule has 1 N–H and O–H groups in total. The predicted octanol–water partition coefficient (Wildman–Crippen LogP) is 2.41. The van der Waals surface area contributed by atoms with E-state index in [9.17, 15) is 0 Å². The number of thiazole rings is 1. The fourth-order valence-electron chi connectivity index (χ4n) is 1.19. The summed E-state index contributed by atoms with van der Waals surface area (Å²) in [6.07, 6.45) is 0. The van der Waals surface area contributed by atoms with Crippen LogP contribution in [0.5, 0.6) is 0 Å². The van der Waals surface area contributed by atoms with Gasteiger partial charge in [0.2, 0.25) is 0 Å². The number of methoxy groups -OCH3 is 1. The molecule has 78 valence electrons. The van der Waals surface area contributed by atoms with Crippen LogP contribution in [0.25, 0.3) is 11.5 Å². The quantitative estimate of drug-likeness (QED) is 0.836. The number of nitrogens with one attached hydrogen (secondary N) is 1. The van der Waals surface area contributed by atoms with Gasteiger partial charge in [-0.25, -0.2) is 9.97 Å². The second-order valence-corrected chi connectivity index (χ2v) is 4.04. The van der Waals surface area contributed by atoms with Crippen LogP contribution in [0.2, 0.25) is 0 Å². The summed E-state index contributed by atoms with van der Waals surface area (Å²) in [7, 11) is 1.64. The average Bonchev–Trinajstić information content (AvgIpc) is 2.70. The van der Waals surface area contributed by atoms with Gasteiger partial charge >= 0.3 is 0 Å². The Kier molecular flexibility index (Phi) is 3.20. The normalized spacial score (nSPS) is 10.5. The van der Waals surface area contributed by atoms with Crippen LogP contribution in [0.3, 0.4) is 0 Å².